The molecular formula is C14H23N3O2S. The monoisotopic (exact) mass is 297 g/mol. The van der Waals surface area contributed by atoms with Crippen LogP contribution in [0, 0.1) is 5.92 Å². The van der Waals surface area contributed by atoms with E-state index in [1.54, 1.807) is 0 Å². The first-order valence-corrected chi connectivity index (χ1v) is 9.39. The van der Waals surface area contributed by atoms with E-state index in [4.69, 9.17) is 0 Å². The van der Waals surface area contributed by atoms with Crippen LogP contribution >= 0.6 is 0 Å². The van der Waals surface area contributed by atoms with Crippen molar-refractivity contribution in [3.05, 3.63) is 11.9 Å². The Morgan fingerprint density at radius 1 is 1.35 bits per heavy atom. The van der Waals surface area contributed by atoms with Gasteiger partial charge in [-0.3, -0.25) is 5.10 Å². The van der Waals surface area contributed by atoms with Gasteiger partial charge in [0.15, 0.2) is 9.84 Å². The Bertz CT molecular complexity index is 563. The van der Waals surface area contributed by atoms with Gasteiger partial charge in [0.05, 0.1) is 11.9 Å². The molecule has 2 heterocycles. The van der Waals surface area contributed by atoms with Crippen LogP contribution in [-0.4, -0.2) is 49.4 Å². The van der Waals surface area contributed by atoms with Crippen LogP contribution in [-0.2, 0) is 9.84 Å². The normalized spacial score (nSPS) is 25.6. The smallest absolute Gasteiger partial charge is 0.178 e. The number of nitrogens with one attached hydrogen (secondary N) is 1. The molecule has 1 saturated heterocycles. The molecule has 5 nitrogen and oxygen atoms in total. The van der Waals surface area contributed by atoms with Crippen molar-refractivity contribution in [2.75, 3.05) is 25.9 Å². The lowest BCUT2D eigenvalue weighted by atomic mass is 9.84. The van der Waals surface area contributed by atoms with E-state index in [0.29, 0.717) is 4.90 Å². The Balaban J connectivity index is 1.72. The molecule has 1 aromatic rings. The molecule has 1 aliphatic heterocycles. The van der Waals surface area contributed by atoms with Crippen LogP contribution < -0.4 is 0 Å². The van der Waals surface area contributed by atoms with Crippen molar-refractivity contribution in [3.8, 4) is 0 Å². The van der Waals surface area contributed by atoms with Gasteiger partial charge in [0.1, 0.15) is 4.90 Å². The molecule has 0 amide bonds. The molecule has 2 fully saturated rings. The van der Waals surface area contributed by atoms with E-state index in [1.807, 2.05) is 0 Å². The molecular weight excluding hydrogens is 274 g/mol. The van der Waals surface area contributed by atoms with Crippen molar-refractivity contribution in [1.29, 1.82) is 0 Å². The quantitative estimate of drug-likeness (QED) is 0.920. The number of piperidine rings is 1. The lowest BCUT2D eigenvalue weighted by Gasteiger charge is -2.37. The second kappa shape index (κ2) is 5.48. The lowest BCUT2D eigenvalue weighted by molar-refractivity contribution is 0.142. The number of hydrogen-bond donors (Lipinski definition) is 1. The highest BCUT2D eigenvalue weighted by Crippen LogP contribution is 2.32. The molecule has 1 atom stereocenters. The number of H-pyrrole nitrogens is 1. The highest BCUT2D eigenvalue weighted by atomic mass is 32.2. The molecule has 1 aliphatic carbocycles. The Morgan fingerprint density at radius 3 is 2.80 bits per heavy atom. The Morgan fingerprint density at radius 2 is 2.15 bits per heavy atom. The third kappa shape index (κ3) is 2.91. The zero-order valence-corrected chi connectivity index (χ0v) is 12.8. The van der Waals surface area contributed by atoms with E-state index >= 15 is 0 Å². The lowest BCUT2D eigenvalue weighted by Crippen LogP contribution is -2.39. The first-order chi connectivity index (χ1) is 9.54. The van der Waals surface area contributed by atoms with Crippen molar-refractivity contribution >= 4 is 9.84 Å². The summed E-state index contributed by atoms with van der Waals surface area (Å²) in [6, 6.07) is 0. The largest absolute Gasteiger partial charge is 0.302 e. The SMILES string of the molecule is CS(=O)(=O)c1cn[nH]c1[C@H]1CCCN(CC2CCC2)C1. The fraction of sp³-hybridized carbons (Fsp3) is 0.786. The zero-order chi connectivity index (χ0) is 14.2. The van der Waals surface area contributed by atoms with Crippen LogP contribution in [0.1, 0.15) is 43.7 Å². The number of hydrogen-bond acceptors (Lipinski definition) is 4. The van der Waals surface area contributed by atoms with Gasteiger partial charge in [-0.2, -0.15) is 5.10 Å². The average Bonchev–Trinajstić information content (AvgIpc) is 2.83. The number of sulfone groups is 1. The van der Waals surface area contributed by atoms with Crippen LogP contribution in [0.25, 0.3) is 0 Å². The molecule has 1 saturated carbocycles. The van der Waals surface area contributed by atoms with Gasteiger partial charge in [0.25, 0.3) is 0 Å². The highest BCUT2D eigenvalue weighted by molar-refractivity contribution is 7.90. The number of likely N-dealkylation sites (tertiary alicyclic amines) is 1. The first kappa shape index (κ1) is 14.1. The van der Waals surface area contributed by atoms with Crippen molar-refractivity contribution < 1.29 is 8.42 Å². The molecule has 20 heavy (non-hydrogen) atoms. The molecule has 6 heteroatoms. The van der Waals surface area contributed by atoms with Crippen molar-refractivity contribution in [2.45, 2.75) is 42.9 Å². The van der Waals surface area contributed by atoms with Gasteiger partial charge >= 0.3 is 0 Å². The topological polar surface area (TPSA) is 66.1 Å². The van der Waals surface area contributed by atoms with E-state index < -0.39 is 9.84 Å². The van der Waals surface area contributed by atoms with Gasteiger partial charge in [-0.15, -0.1) is 0 Å². The maximum absolute atomic E-state index is 11.8. The van der Waals surface area contributed by atoms with Crippen molar-refractivity contribution in [1.82, 2.24) is 15.1 Å². The van der Waals surface area contributed by atoms with E-state index in [2.05, 4.69) is 15.1 Å². The summed E-state index contributed by atoms with van der Waals surface area (Å²) in [7, 11) is -3.19. The Hall–Kier alpha value is -0.880. The maximum Gasteiger partial charge on any atom is 0.178 e. The molecule has 0 aromatic carbocycles. The van der Waals surface area contributed by atoms with Gasteiger partial charge < -0.3 is 4.90 Å². The van der Waals surface area contributed by atoms with Gasteiger partial charge in [0.2, 0.25) is 0 Å². The predicted octanol–water partition coefficient (Wildman–Crippen LogP) is 1.79. The van der Waals surface area contributed by atoms with Gasteiger partial charge in [-0.25, -0.2) is 8.42 Å². The molecule has 0 bridgehead atoms. The summed E-state index contributed by atoms with van der Waals surface area (Å²) in [6.45, 7) is 3.29. The summed E-state index contributed by atoms with van der Waals surface area (Å²) in [6.07, 6.45) is 9.00. The number of aromatic amines is 1. The van der Waals surface area contributed by atoms with Gasteiger partial charge in [-0.05, 0) is 38.1 Å². The summed E-state index contributed by atoms with van der Waals surface area (Å²) in [5, 5.41) is 6.88. The molecule has 2 aliphatic rings. The van der Waals surface area contributed by atoms with Crippen LogP contribution in [0.5, 0.6) is 0 Å². The van der Waals surface area contributed by atoms with Crippen LogP contribution in [0.15, 0.2) is 11.1 Å². The van der Waals surface area contributed by atoms with E-state index in [0.717, 1.165) is 37.5 Å². The number of nitrogens with zero attached hydrogens (tertiary/aromatic N) is 2. The van der Waals surface area contributed by atoms with Gasteiger partial charge in [-0.1, -0.05) is 6.42 Å². The molecule has 0 spiro atoms. The third-order valence-electron chi connectivity index (χ3n) is 4.69. The summed E-state index contributed by atoms with van der Waals surface area (Å²) >= 11 is 0. The molecule has 1 N–H and O–H groups in total. The summed E-state index contributed by atoms with van der Waals surface area (Å²) in [4.78, 5) is 2.89. The molecule has 0 radical (unpaired) electrons. The number of rotatable bonds is 4. The second-order valence-electron chi connectivity index (χ2n) is 6.32. The van der Waals surface area contributed by atoms with Crippen molar-refractivity contribution in [3.63, 3.8) is 0 Å². The minimum Gasteiger partial charge on any atom is -0.302 e. The summed E-state index contributed by atoms with van der Waals surface area (Å²) < 4.78 is 23.6. The molecule has 112 valence electrons. The molecule has 3 rings (SSSR count). The molecule has 0 unspecified atom stereocenters. The standard InChI is InChI=1S/C14H23N3O2S/c1-20(18,19)13-8-15-16-14(13)12-6-3-7-17(10-12)9-11-4-2-5-11/h8,11-12H,2-7,9-10H2,1H3,(H,15,16)/t12-/m0/s1. The fourth-order valence-electron chi connectivity index (χ4n) is 3.37. The van der Waals surface area contributed by atoms with E-state index in [9.17, 15) is 8.42 Å². The number of aromatic nitrogens is 2. The van der Waals surface area contributed by atoms with E-state index in [-0.39, 0.29) is 5.92 Å². The summed E-state index contributed by atoms with van der Waals surface area (Å²) in [5.41, 5.74) is 0.811. The van der Waals surface area contributed by atoms with Crippen molar-refractivity contribution in [2.24, 2.45) is 5.92 Å². The first-order valence-electron chi connectivity index (χ1n) is 7.49. The minimum atomic E-state index is -3.19. The average molecular weight is 297 g/mol. The van der Waals surface area contributed by atoms with Crippen LogP contribution in [0.3, 0.4) is 0 Å². The maximum atomic E-state index is 11.8. The van der Waals surface area contributed by atoms with Crippen LogP contribution in [0.4, 0.5) is 0 Å². The zero-order valence-electron chi connectivity index (χ0n) is 12.0. The Kier molecular flexibility index (Phi) is 3.86. The highest BCUT2D eigenvalue weighted by Gasteiger charge is 2.29. The molecule has 1 aromatic heterocycles. The Labute approximate surface area is 120 Å². The third-order valence-corrected chi connectivity index (χ3v) is 5.81. The predicted molar refractivity (Wildman–Crippen MR) is 77.5 cm³/mol. The summed E-state index contributed by atoms with van der Waals surface area (Å²) in [5.74, 6) is 1.14. The second-order valence-corrected chi connectivity index (χ2v) is 8.30. The fourth-order valence-corrected chi connectivity index (χ4v) is 4.23. The van der Waals surface area contributed by atoms with E-state index in [1.165, 1.54) is 38.3 Å². The minimum absolute atomic E-state index is 0.274. The van der Waals surface area contributed by atoms with Crippen LogP contribution in [0.2, 0.25) is 0 Å². The van der Waals surface area contributed by atoms with Gasteiger partial charge in [0, 0.05) is 25.3 Å².